The van der Waals surface area contributed by atoms with Crippen LogP contribution in [0.4, 0.5) is 11.4 Å². The molecule has 3 atom stereocenters. The monoisotopic (exact) mass is 398 g/mol. The molecular weight excluding hydrogens is 368 g/mol. The van der Waals surface area contributed by atoms with E-state index in [1.807, 2.05) is 0 Å². The van der Waals surface area contributed by atoms with E-state index in [1.165, 1.54) is 22.5 Å². The predicted molar refractivity (Wildman–Crippen MR) is 122 cm³/mol. The molecule has 2 aromatic rings. The molecule has 2 aliphatic heterocycles. The molecule has 3 N–H and O–H groups in total. The van der Waals surface area contributed by atoms with Gasteiger partial charge in [-0.2, -0.15) is 0 Å². The zero-order valence-electron chi connectivity index (χ0n) is 17.0. The summed E-state index contributed by atoms with van der Waals surface area (Å²) in [7, 11) is 2.24. The Hall–Kier alpha value is -2.04. The Morgan fingerprint density at radius 2 is 1.82 bits per heavy atom. The van der Waals surface area contributed by atoms with Gasteiger partial charge in [0.15, 0.2) is 0 Å². The van der Waals surface area contributed by atoms with Gasteiger partial charge in [-0.15, -0.1) is 12.4 Å². The first-order valence-corrected chi connectivity index (χ1v) is 9.99. The molecule has 4 nitrogen and oxygen atoms in total. The van der Waals surface area contributed by atoms with Crippen LogP contribution in [0.25, 0.3) is 0 Å². The molecule has 0 bridgehead atoms. The number of hydrogen-bond acceptors (Lipinski definition) is 3. The molecule has 28 heavy (non-hydrogen) atoms. The van der Waals surface area contributed by atoms with E-state index in [0.717, 1.165) is 25.2 Å². The molecule has 2 aromatic carbocycles. The van der Waals surface area contributed by atoms with Crippen LogP contribution in [0.3, 0.4) is 0 Å². The van der Waals surface area contributed by atoms with Gasteiger partial charge < -0.3 is 16.0 Å². The summed E-state index contributed by atoms with van der Waals surface area (Å²) in [5, 5.41) is 3.67. The zero-order valence-corrected chi connectivity index (χ0v) is 17.8. The third-order valence-electron chi connectivity index (χ3n) is 6.25. The van der Waals surface area contributed by atoms with E-state index in [-0.39, 0.29) is 23.9 Å². The first-order chi connectivity index (χ1) is 13.1. The van der Waals surface area contributed by atoms with Crippen LogP contribution < -0.4 is 16.0 Å². The number of nitrogens with one attached hydrogen (secondary N) is 1. The fourth-order valence-corrected chi connectivity index (χ4v) is 5.05. The number of nitrogens with two attached hydrogens (primary N) is 1. The maximum absolute atomic E-state index is 5.71. The van der Waals surface area contributed by atoms with Crippen molar-refractivity contribution in [2.24, 2.45) is 16.1 Å². The quantitative estimate of drug-likeness (QED) is 0.717. The van der Waals surface area contributed by atoms with Crippen molar-refractivity contribution in [2.75, 3.05) is 30.4 Å². The van der Waals surface area contributed by atoms with E-state index in [2.05, 4.69) is 79.6 Å². The molecular formula is C23H31ClN4. The molecule has 1 unspecified atom stereocenters. The standard InChI is InChI=1S/C23H30N4.ClH/c1-16-15-23(2)21(27(3)20-12-7-5-9-17(16)20)18-10-4-6-11-19(18)26-22(23)25-14-8-13-24;/h4-7,9-12,16,21H,8,13-15,24H2,1-3H3,(H,25,26);1H/t16?,21-,23-;/m0./s1. The lowest BCUT2D eigenvalue weighted by Gasteiger charge is -2.47. The number of hydrogen-bond donors (Lipinski definition) is 2. The molecule has 5 heteroatoms. The van der Waals surface area contributed by atoms with E-state index < -0.39 is 0 Å². The van der Waals surface area contributed by atoms with E-state index in [0.29, 0.717) is 12.5 Å². The van der Waals surface area contributed by atoms with Crippen LogP contribution in [0.5, 0.6) is 0 Å². The highest BCUT2D eigenvalue weighted by molar-refractivity contribution is 6.04. The van der Waals surface area contributed by atoms with Gasteiger partial charge in [0.25, 0.3) is 0 Å². The lowest BCUT2D eigenvalue weighted by molar-refractivity contribution is 0.321. The molecule has 0 fully saturated rings. The lowest BCUT2D eigenvalue weighted by Crippen LogP contribution is -2.48. The number of anilines is 2. The average Bonchev–Trinajstić information content (AvgIpc) is 2.76. The molecule has 2 aliphatic rings. The van der Waals surface area contributed by atoms with Crippen molar-refractivity contribution in [3.8, 4) is 0 Å². The highest BCUT2D eigenvalue weighted by Gasteiger charge is 2.49. The Kier molecular flexibility index (Phi) is 6.01. The Morgan fingerprint density at radius 1 is 1.14 bits per heavy atom. The first-order valence-electron chi connectivity index (χ1n) is 9.99. The first kappa shape index (κ1) is 20.7. The van der Waals surface area contributed by atoms with Crippen LogP contribution >= 0.6 is 12.4 Å². The largest absolute Gasteiger partial charge is 0.366 e. The maximum atomic E-state index is 5.71. The van der Waals surface area contributed by atoms with Crippen LogP contribution in [0.15, 0.2) is 53.5 Å². The summed E-state index contributed by atoms with van der Waals surface area (Å²) in [6.45, 7) is 6.17. The van der Waals surface area contributed by atoms with Crippen molar-refractivity contribution >= 4 is 29.6 Å². The van der Waals surface area contributed by atoms with Gasteiger partial charge in [0, 0.05) is 25.0 Å². The second kappa shape index (κ2) is 8.14. The fraction of sp³-hybridized carbons (Fsp3) is 0.435. The molecule has 0 saturated heterocycles. The highest BCUT2D eigenvalue weighted by Crippen LogP contribution is 2.55. The zero-order chi connectivity index (χ0) is 19.0. The normalized spacial score (nSPS) is 27.0. The molecule has 0 radical (unpaired) electrons. The number of benzene rings is 2. The summed E-state index contributed by atoms with van der Waals surface area (Å²) in [4.78, 5) is 7.47. The Labute approximate surface area is 174 Å². The number of rotatable bonds is 3. The third-order valence-corrected chi connectivity index (χ3v) is 6.25. The topological polar surface area (TPSA) is 53.6 Å². The molecule has 4 rings (SSSR count). The summed E-state index contributed by atoms with van der Waals surface area (Å²) >= 11 is 0. The fourth-order valence-electron chi connectivity index (χ4n) is 5.05. The van der Waals surface area contributed by atoms with Crippen molar-refractivity contribution in [3.63, 3.8) is 0 Å². The van der Waals surface area contributed by atoms with Crippen molar-refractivity contribution in [3.05, 3.63) is 59.7 Å². The van der Waals surface area contributed by atoms with E-state index in [1.54, 1.807) is 0 Å². The predicted octanol–water partition coefficient (Wildman–Crippen LogP) is 4.97. The van der Waals surface area contributed by atoms with E-state index in [4.69, 9.17) is 10.7 Å². The van der Waals surface area contributed by atoms with Gasteiger partial charge in [-0.3, -0.25) is 4.99 Å². The minimum absolute atomic E-state index is 0. The van der Waals surface area contributed by atoms with Gasteiger partial charge in [-0.1, -0.05) is 50.2 Å². The van der Waals surface area contributed by atoms with Gasteiger partial charge in [0.1, 0.15) is 5.84 Å². The van der Waals surface area contributed by atoms with Crippen LogP contribution in [0, 0.1) is 5.41 Å². The Bertz CT molecular complexity index is 865. The average molecular weight is 399 g/mol. The van der Waals surface area contributed by atoms with Gasteiger partial charge in [-0.05, 0) is 48.6 Å². The molecule has 150 valence electrons. The molecule has 2 heterocycles. The maximum Gasteiger partial charge on any atom is 0.109 e. The van der Waals surface area contributed by atoms with Crippen molar-refractivity contribution in [1.82, 2.24) is 0 Å². The van der Waals surface area contributed by atoms with Crippen LogP contribution in [0.2, 0.25) is 0 Å². The summed E-state index contributed by atoms with van der Waals surface area (Å²) in [6, 6.07) is 17.8. The highest BCUT2D eigenvalue weighted by atomic mass is 35.5. The lowest BCUT2D eigenvalue weighted by atomic mass is 9.69. The molecule has 0 saturated carbocycles. The number of fused-ring (bicyclic) bond motifs is 4. The molecule has 0 aromatic heterocycles. The van der Waals surface area contributed by atoms with Crippen molar-refractivity contribution in [1.29, 1.82) is 0 Å². The SMILES string of the molecule is CC1C[C@]2(C)C(=NCCCN)Nc3ccccc3[C@@H]2N(C)c2ccccc21.Cl. The number of para-hydroxylation sites is 2. The van der Waals surface area contributed by atoms with Crippen molar-refractivity contribution < 1.29 is 0 Å². The Balaban J connectivity index is 0.00000225. The van der Waals surface area contributed by atoms with Crippen LogP contribution in [0.1, 0.15) is 49.8 Å². The van der Waals surface area contributed by atoms with E-state index in [9.17, 15) is 0 Å². The minimum atomic E-state index is -0.0872. The molecule has 0 spiro atoms. The number of halogens is 1. The second-order valence-corrected chi connectivity index (χ2v) is 8.18. The second-order valence-electron chi connectivity index (χ2n) is 8.18. The van der Waals surface area contributed by atoms with Crippen LogP contribution in [-0.2, 0) is 0 Å². The number of amidine groups is 1. The minimum Gasteiger partial charge on any atom is -0.366 e. The summed E-state index contributed by atoms with van der Waals surface area (Å²) < 4.78 is 0. The van der Waals surface area contributed by atoms with Gasteiger partial charge in [-0.25, -0.2) is 0 Å². The number of nitrogens with zero attached hydrogens (tertiary/aromatic N) is 2. The van der Waals surface area contributed by atoms with Crippen LogP contribution in [-0.4, -0.2) is 26.0 Å². The number of aliphatic imine (C=N–C) groups is 1. The third kappa shape index (κ3) is 3.29. The summed E-state index contributed by atoms with van der Waals surface area (Å²) in [6.07, 6.45) is 1.97. The van der Waals surface area contributed by atoms with Gasteiger partial charge in [0.05, 0.1) is 11.5 Å². The van der Waals surface area contributed by atoms with Crippen molar-refractivity contribution in [2.45, 2.75) is 38.6 Å². The smallest absolute Gasteiger partial charge is 0.109 e. The van der Waals surface area contributed by atoms with Gasteiger partial charge in [0.2, 0.25) is 0 Å². The Morgan fingerprint density at radius 3 is 2.57 bits per heavy atom. The summed E-state index contributed by atoms with van der Waals surface area (Å²) in [5.74, 6) is 1.57. The molecule has 0 aliphatic carbocycles. The summed E-state index contributed by atoms with van der Waals surface area (Å²) in [5.41, 5.74) is 10.9. The van der Waals surface area contributed by atoms with Gasteiger partial charge >= 0.3 is 0 Å². The van der Waals surface area contributed by atoms with E-state index >= 15 is 0 Å². The molecule has 0 amide bonds.